The Bertz CT molecular complexity index is 628. The van der Waals surface area contributed by atoms with E-state index in [0.717, 1.165) is 58.4 Å². The highest BCUT2D eigenvalue weighted by atomic mass is 127. The van der Waals surface area contributed by atoms with Crippen LogP contribution in [0.4, 0.5) is 5.69 Å². The van der Waals surface area contributed by atoms with Gasteiger partial charge in [-0.25, -0.2) is 0 Å². The first kappa shape index (κ1) is 24.6. The molecule has 2 fully saturated rings. The third-order valence-electron chi connectivity index (χ3n) is 5.55. The van der Waals surface area contributed by atoms with Crippen LogP contribution >= 0.6 is 35.7 Å². The first-order chi connectivity index (χ1) is 13.6. The van der Waals surface area contributed by atoms with E-state index < -0.39 is 0 Å². The summed E-state index contributed by atoms with van der Waals surface area (Å²) in [7, 11) is 1.83. The van der Waals surface area contributed by atoms with Crippen LogP contribution in [-0.2, 0) is 11.3 Å². The third-order valence-corrected chi connectivity index (χ3v) is 6.49. The van der Waals surface area contributed by atoms with Gasteiger partial charge in [-0.3, -0.25) is 9.89 Å². The number of aliphatic imine (C=N–C) groups is 1. The zero-order valence-electron chi connectivity index (χ0n) is 17.9. The first-order valence-electron chi connectivity index (χ1n) is 10.3. The summed E-state index contributed by atoms with van der Waals surface area (Å²) in [5.74, 6) is 3.30. The number of hydrogen-bond donors (Lipinski definition) is 2. The van der Waals surface area contributed by atoms with Crippen molar-refractivity contribution in [2.24, 2.45) is 4.99 Å². The van der Waals surface area contributed by atoms with Gasteiger partial charge in [0.2, 0.25) is 0 Å². The zero-order chi connectivity index (χ0) is 19.8. The number of thioether (sulfide) groups is 1. The van der Waals surface area contributed by atoms with Gasteiger partial charge in [-0.15, -0.1) is 24.0 Å². The van der Waals surface area contributed by atoms with Crippen molar-refractivity contribution in [1.82, 2.24) is 15.5 Å². The van der Waals surface area contributed by atoms with Crippen molar-refractivity contribution in [2.45, 2.75) is 25.9 Å². The number of hydrogen-bond acceptors (Lipinski definition) is 5. The summed E-state index contributed by atoms with van der Waals surface area (Å²) in [6.45, 7) is 12.1. The maximum atomic E-state index is 5.47. The highest BCUT2D eigenvalue weighted by Crippen LogP contribution is 2.20. The lowest BCUT2D eigenvalue weighted by molar-refractivity contribution is -0.00834. The fraction of sp³-hybridized carbons (Fsp3) is 0.667. The van der Waals surface area contributed by atoms with Crippen molar-refractivity contribution in [3.63, 3.8) is 0 Å². The summed E-state index contributed by atoms with van der Waals surface area (Å²) in [5.41, 5.74) is 2.67. The maximum absolute atomic E-state index is 5.47. The van der Waals surface area contributed by atoms with Gasteiger partial charge in [0.1, 0.15) is 0 Å². The molecule has 2 N–H and O–H groups in total. The summed E-state index contributed by atoms with van der Waals surface area (Å²) in [6, 6.07) is 8.92. The average molecular weight is 534 g/mol. The van der Waals surface area contributed by atoms with Crippen molar-refractivity contribution in [1.29, 1.82) is 0 Å². The predicted molar refractivity (Wildman–Crippen MR) is 136 cm³/mol. The Morgan fingerprint density at radius 1 is 1.07 bits per heavy atom. The summed E-state index contributed by atoms with van der Waals surface area (Å²) in [4.78, 5) is 9.34. The molecule has 29 heavy (non-hydrogen) atoms. The molecule has 0 amide bonds. The smallest absolute Gasteiger partial charge is 0.191 e. The second-order valence-corrected chi connectivity index (χ2v) is 9.18. The molecule has 2 saturated heterocycles. The van der Waals surface area contributed by atoms with Crippen LogP contribution in [0, 0.1) is 0 Å². The van der Waals surface area contributed by atoms with Crippen LogP contribution in [-0.4, -0.2) is 80.9 Å². The molecule has 0 aliphatic carbocycles. The quantitative estimate of drug-likeness (QED) is 0.333. The fourth-order valence-electron chi connectivity index (χ4n) is 3.63. The summed E-state index contributed by atoms with van der Waals surface area (Å²) < 4.78 is 5.47. The van der Waals surface area contributed by atoms with Gasteiger partial charge in [-0.05, 0) is 31.5 Å². The van der Waals surface area contributed by atoms with E-state index >= 15 is 0 Å². The minimum atomic E-state index is 0. The number of morpholine rings is 1. The molecule has 0 atom stereocenters. The van der Waals surface area contributed by atoms with E-state index in [1.54, 1.807) is 0 Å². The summed E-state index contributed by atoms with van der Waals surface area (Å²) in [5, 5.41) is 6.93. The Morgan fingerprint density at radius 2 is 1.72 bits per heavy atom. The van der Waals surface area contributed by atoms with Gasteiger partial charge in [0, 0.05) is 69.0 Å². The van der Waals surface area contributed by atoms with E-state index in [9.17, 15) is 0 Å². The minimum absolute atomic E-state index is 0. The molecule has 1 aromatic carbocycles. The Kier molecular flexibility index (Phi) is 10.3. The standard InChI is InChI=1S/C21H35N5OS.HI/c1-21(2,26-8-12-27-13-9-26)17-24-20(22-3)23-16-18-4-6-19(7-5-18)25-10-14-28-15-11-25;/h4-7H,8-17H2,1-3H3,(H2,22,23,24);1H. The van der Waals surface area contributed by atoms with Gasteiger partial charge in [-0.2, -0.15) is 11.8 Å². The summed E-state index contributed by atoms with van der Waals surface area (Å²) >= 11 is 2.04. The van der Waals surface area contributed by atoms with Crippen LogP contribution in [0.2, 0.25) is 0 Å². The van der Waals surface area contributed by atoms with Crippen LogP contribution in [0.3, 0.4) is 0 Å². The number of nitrogens with one attached hydrogen (secondary N) is 2. The Labute approximate surface area is 197 Å². The molecule has 1 aromatic rings. The molecule has 0 spiro atoms. The first-order valence-corrected chi connectivity index (χ1v) is 11.4. The highest BCUT2D eigenvalue weighted by Gasteiger charge is 2.28. The second-order valence-electron chi connectivity index (χ2n) is 7.96. The molecule has 3 rings (SSSR count). The Hall–Kier alpha value is -0.710. The van der Waals surface area contributed by atoms with E-state index in [4.69, 9.17) is 4.74 Å². The van der Waals surface area contributed by atoms with Crippen LogP contribution in [0.25, 0.3) is 0 Å². The monoisotopic (exact) mass is 533 g/mol. The second kappa shape index (κ2) is 12.2. The lowest BCUT2D eigenvalue weighted by atomic mass is 10.0. The lowest BCUT2D eigenvalue weighted by Crippen LogP contribution is -2.56. The zero-order valence-corrected chi connectivity index (χ0v) is 21.1. The molecular weight excluding hydrogens is 497 g/mol. The van der Waals surface area contributed by atoms with Crippen molar-refractivity contribution in [2.75, 3.05) is 69.4 Å². The van der Waals surface area contributed by atoms with Crippen molar-refractivity contribution < 1.29 is 4.74 Å². The van der Waals surface area contributed by atoms with Gasteiger partial charge in [0.15, 0.2) is 5.96 Å². The molecule has 2 heterocycles. The lowest BCUT2D eigenvalue weighted by Gasteiger charge is -2.41. The van der Waals surface area contributed by atoms with Crippen LogP contribution in [0.15, 0.2) is 29.3 Å². The molecule has 0 saturated carbocycles. The van der Waals surface area contributed by atoms with E-state index in [1.165, 1.54) is 22.8 Å². The SMILES string of the molecule is CN=C(NCc1ccc(N2CCSCC2)cc1)NCC(C)(C)N1CCOCC1.I. The molecule has 0 radical (unpaired) electrons. The fourth-order valence-corrected chi connectivity index (χ4v) is 4.54. The van der Waals surface area contributed by atoms with Crippen LogP contribution in [0.5, 0.6) is 0 Å². The Balaban J connectivity index is 0.00000300. The highest BCUT2D eigenvalue weighted by molar-refractivity contribution is 14.0. The van der Waals surface area contributed by atoms with Gasteiger partial charge < -0.3 is 20.3 Å². The Morgan fingerprint density at radius 3 is 2.34 bits per heavy atom. The van der Waals surface area contributed by atoms with E-state index in [0.29, 0.717) is 0 Å². The number of rotatable bonds is 6. The number of guanidine groups is 1. The molecular formula is C21H36IN5OS. The van der Waals surface area contributed by atoms with Gasteiger partial charge >= 0.3 is 0 Å². The predicted octanol–water partition coefficient (Wildman–Crippen LogP) is 2.63. The molecule has 0 bridgehead atoms. The maximum Gasteiger partial charge on any atom is 0.191 e. The largest absolute Gasteiger partial charge is 0.379 e. The van der Waals surface area contributed by atoms with E-state index in [1.807, 2.05) is 18.8 Å². The molecule has 2 aliphatic rings. The van der Waals surface area contributed by atoms with E-state index in [2.05, 4.69) is 63.5 Å². The average Bonchev–Trinajstić information content (AvgIpc) is 2.75. The molecule has 2 aliphatic heterocycles. The van der Waals surface area contributed by atoms with Crippen molar-refractivity contribution in [3.05, 3.63) is 29.8 Å². The summed E-state index contributed by atoms with van der Waals surface area (Å²) in [6.07, 6.45) is 0. The number of ether oxygens (including phenoxy) is 1. The molecule has 0 aromatic heterocycles. The topological polar surface area (TPSA) is 52.1 Å². The molecule has 8 heteroatoms. The molecule has 0 unspecified atom stereocenters. The minimum Gasteiger partial charge on any atom is -0.379 e. The normalized spacial score (nSPS) is 18.9. The molecule has 6 nitrogen and oxygen atoms in total. The third kappa shape index (κ3) is 7.48. The number of halogens is 1. The molecule has 164 valence electrons. The van der Waals surface area contributed by atoms with Crippen LogP contribution < -0.4 is 15.5 Å². The van der Waals surface area contributed by atoms with Gasteiger partial charge in [0.05, 0.1) is 13.2 Å². The van der Waals surface area contributed by atoms with Gasteiger partial charge in [0.25, 0.3) is 0 Å². The van der Waals surface area contributed by atoms with Crippen LogP contribution in [0.1, 0.15) is 19.4 Å². The van der Waals surface area contributed by atoms with E-state index in [-0.39, 0.29) is 29.5 Å². The number of benzene rings is 1. The van der Waals surface area contributed by atoms with Gasteiger partial charge in [-0.1, -0.05) is 12.1 Å². The van der Waals surface area contributed by atoms with Crippen molar-refractivity contribution >= 4 is 47.4 Å². The number of nitrogens with zero attached hydrogens (tertiary/aromatic N) is 3. The van der Waals surface area contributed by atoms with Crippen molar-refractivity contribution in [3.8, 4) is 0 Å². The number of anilines is 1.